The molecule has 0 aliphatic rings. The van der Waals surface area contributed by atoms with Crippen molar-refractivity contribution < 1.29 is 4.42 Å². The molecule has 0 saturated carbocycles. The molecule has 0 atom stereocenters. The average molecular weight is 189 g/mol. The highest BCUT2D eigenvalue weighted by Gasteiger charge is 2.11. The largest absolute Gasteiger partial charge is 0.462 e. The standard InChI is InChI=1S/C12H15NO/c1-9(2)13(3)11-8-14-12-7-5-4-6-10(11)12/h4-9H,1-3H3. The van der Waals surface area contributed by atoms with Crippen LogP contribution in [-0.4, -0.2) is 13.1 Å². The van der Waals surface area contributed by atoms with Crippen LogP contribution in [0.1, 0.15) is 13.8 Å². The Kier molecular flexibility index (Phi) is 2.20. The lowest BCUT2D eigenvalue weighted by Crippen LogP contribution is -2.25. The summed E-state index contributed by atoms with van der Waals surface area (Å²) in [6, 6.07) is 8.59. The van der Waals surface area contributed by atoms with Crippen molar-refractivity contribution >= 4 is 16.7 Å². The average Bonchev–Trinajstić information content (AvgIpc) is 2.60. The Morgan fingerprint density at radius 3 is 2.64 bits per heavy atom. The molecule has 2 rings (SSSR count). The van der Waals surface area contributed by atoms with Crippen molar-refractivity contribution in [2.45, 2.75) is 19.9 Å². The number of hydrogen-bond donors (Lipinski definition) is 0. The summed E-state index contributed by atoms with van der Waals surface area (Å²) in [5.74, 6) is 0. The second-order valence-corrected chi connectivity index (χ2v) is 3.82. The van der Waals surface area contributed by atoms with Crippen molar-refractivity contribution in [2.75, 3.05) is 11.9 Å². The Morgan fingerprint density at radius 1 is 1.21 bits per heavy atom. The smallest absolute Gasteiger partial charge is 0.136 e. The van der Waals surface area contributed by atoms with Crippen LogP contribution >= 0.6 is 0 Å². The predicted molar refractivity (Wildman–Crippen MR) is 59.8 cm³/mol. The van der Waals surface area contributed by atoms with E-state index in [0.29, 0.717) is 6.04 Å². The minimum atomic E-state index is 0.482. The minimum absolute atomic E-state index is 0.482. The van der Waals surface area contributed by atoms with Gasteiger partial charge in [0.05, 0.1) is 5.69 Å². The summed E-state index contributed by atoms with van der Waals surface area (Å²) >= 11 is 0. The third-order valence-corrected chi connectivity index (χ3v) is 2.62. The quantitative estimate of drug-likeness (QED) is 0.720. The zero-order valence-corrected chi connectivity index (χ0v) is 8.82. The van der Waals surface area contributed by atoms with Gasteiger partial charge in [-0.1, -0.05) is 12.1 Å². The van der Waals surface area contributed by atoms with E-state index in [2.05, 4.69) is 31.9 Å². The Balaban J connectivity index is 2.53. The van der Waals surface area contributed by atoms with Crippen LogP contribution in [0.25, 0.3) is 11.0 Å². The molecule has 0 bridgehead atoms. The first-order chi connectivity index (χ1) is 6.70. The summed E-state index contributed by atoms with van der Waals surface area (Å²) in [6.45, 7) is 4.34. The maximum absolute atomic E-state index is 5.48. The number of furan rings is 1. The lowest BCUT2D eigenvalue weighted by Gasteiger charge is -2.21. The first-order valence-corrected chi connectivity index (χ1v) is 4.89. The van der Waals surface area contributed by atoms with Crippen LogP contribution in [0.5, 0.6) is 0 Å². The third-order valence-electron chi connectivity index (χ3n) is 2.62. The van der Waals surface area contributed by atoms with Crippen molar-refractivity contribution in [3.05, 3.63) is 30.5 Å². The maximum Gasteiger partial charge on any atom is 0.136 e. The molecule has 1 aromatic carbocycles. The second kappa shape index (κ2) is 3.37. The van der Waals surface area contributed by atoms with Gasteiger partial charge in [-0.05, 0) is 26.0 Å². The van der Waals surface area contributed by atoms with E-state index in [-0.39, 0.29) is 0 Å². The van der Waals surface area contributed by atoms with Crippen molar-refractivity contribution in [3.63, 3.8) is 0 Å². The number of fused-ring (bicyclic) bond motifs is 1. The number of rotatable bonds is 2. The van der Waals surface area contributed by atoms with Crippen LogP contribution < -0.4 is 4.90 Å². The van der Waals surface area contributed by atoms with Crippen molar-refractivity contribution in [3.8, 4) is 0 Å². The highest BCUT2D eigenvalue weighted by molar-refractivity contribution is 5.90. The van der Waals surface area contributed by atoms with Gasteiger partial charge in [0, 0.05) is 18.5 Å². The fraction of sp³-hybridized carbons (Fsp3) is 0.333. The zero-order valence-electron chi connectivity index (χ0n) is 8.82. The van der Waals surface area contributed by atoms with E-state index in [4.69, 9.17) is 4.42 Å². The van der Waals surface area contributed by atoms with Gasteiger partial charge in [-0.2, -0.15) is 0 Å². The minimum Gasteiger partial charge on any atom is -0.462 e. The molecule has 2 aromatic rings. The summed E-state index contributed by atoms with van der Waals surface area (Å²) < 4.78 is 5.48. The molecule has 1 aromatic heterocycles. The van der Waals surface area contributed by atoms with Gasteiger partial charge in [-0.3, -0.25) is 0 Å². The topological polar surface area (TPSA) is 16.4 Å². The molecule has 0 saturated heterocycles. The van der Waals surface area contributed by atoms with Crippen molar-refractivity contribution in [1.82, 2.24) is 0 Å². The molecule has 0 aliphatic carbocycles. The molecule has 0 aliphatic heterocycles. The van der Waals surface area contributed by atoms with Gasteiger partial charge in [0.2, 0.25) is 0 Å². The van der Waals surface area contributed by atoms with Crippen LogP contribution in [-0.2, 0) is 0 Å². The van der Waals surface area contributed by atoms with Gasteiger partial charge in [0.1, 0.15) is 11.8 Å². The summed E-state index contributed by atoms with van der Waals surface area (Å²) in [5, 5.41) is 1.18. The Morgan fingerprint density at radius 2 is 1.93 bits per heavy atom. The van der Waals surface area contributed by atoms with Crippen LogP contribution in [0.15, 0.2) is 34.9 Å². The van der Waals surface area contributed by atoms with Crippen molar-refractivity contribution in [1.29, 1.82) is 0 Å². The molecule has 0 unspecified atom stereocenters. The normalized spacial score (nSPS) is 11.1. The fourth-order valence-electron chi connectivity index (χ4n) is 1.52. The molecule has 0 amide bonds. The first-order valence-electron chi connectivity index (χ1n) is 4.89. The van der Waals surface area contributed by atoms with Gasteiger partial charge in [0.25, 0.3) is 0 Å². The molecule has 1 heterocycles. The molecule has 74 valence electrons. The second-order valence-electron chi connectivity index (χ2n) is 3.82. The van der Waals surface area contributed by atoms with E-state index in [1.54, 1.807) is 0 Å². The molecule has 14 heavy (non-hydrogen) atoms. The van der Waals surface area contributed by atoms with Gasteiger partial charge < -0.3 is 9.32 Å². The van der Waals surface area contributed by atoms with E-state index < -0.39 is 0 Å². The van der Waals surface area contributed by atoms with Gasteiger partial charge in [-0.15, -0.1) is 0 Å². The SMILES string of the molecule is CC(C)N(C)c1coc2ccccc12. The molecule has 2 heteroatoms. The monoisotopic (exact) mass is 189 g/mol. The van der Waals surface area contributed by atoms with Crippen LogP contribution in [0.4, 0.5) is 5.69 Å². The maximum atomic E-state index is 5.48. The molecule has 0 fully saturated rings. The molecule has 0 radical (unpaired) electrons. The number of hydrogen-bond acceptors (Lipinski definition) is 2. The first kappa shape index (κ1) is 9.13. The van der Waals surface area contributed by atoms with E-state index >= 15 is 0 Å². The number of anilines is 1. The molecule has 0 spiro atoms. The summed E-state index contributed by atoms with van der Waals surface area (Å²) in [6.07, 6.45) is 1.82. The molecular formula is C12H15NO. The van der Waals surface area contributed by atoms with Crippen LogP contribution in [0, 0.1) is 0 Å². The van der Waals surface area contributed by atoms with E-state index in [0.717, 1.165) is 11.3 Å². The van der Waals surface area contributed by atoms with Gasteiger partial charge in [0.15, 0.2) is 0 Å². The summed E-state index contributed by atoms with van der Waals surface area (Å²) in [7, 11) is 2.09. The highest BCUT2D eigenvalue weighted by atomic mass is 16.3. The lowest BCUT2D eigenvalue weighted by atomic mass is 10.2. The third kappa shape index (κ3) is 1.37. The Hall–Kier alpha value is -1.44. The fourth-order valence-corrected chi connectivity index (χ4v) is 1.52. The van der Waals surface area contributed by atoms with Crippen LogP contribution in [0.2, 0.25) is 0 Å². The van der Waals surface area contributed by atoms with Gasteiger partial charge >= 0.3 is 0 Å². The van der Waals surface area contributed by atoms with E-state index in [1.807, 2.05) is 24.5 Å². The highest BCUT2D eigenvalue weighted by Crippen LogP contribution is 2.28. The number of para-hydroxylation sites is 1. The molecule has 0 N–H and O–H groups in total. The molecule has 2 nitrogen and oxygen atoms in total. The van der Waals surface area contributed by atoms with Crippen LogP contribution in [0.3, 0.4) is 0 Å². The Bertz CT molecular complexity index is 431. The van der Waals surface area contributed by atoms with E-state index in [9.17, 15) is 0 Å². The van der Waals surface area contributed by atoms with Gasteiger partial charge in [-0.25, -0.2) is 0 Å². The number of nitrogens with zero attached hydrogens (tertiary/aromatic N) is 1. The predicted octanol–water partition coefficient (Wildman–Crippen LogP) is 3.28. The van der Waals surface area contributed by atoms with Crippen molar-refractivity contribution in [2.24, 2.45) is 0 Å². The lowest BCUT2D eigenvalue weighted by molar-refractivity contribution is 0.611. The van der Waals surface area contributed by atoms with E-state index in [1.165, 1.54) is 5.39 Å². The Labute approximate surface area is 84.1 Å². The zero-order chi connectivity index (χ0) is 10.1. The number of benzene rings is 1. The summed E-state index contributed by atoms with van der Waals surface area (Å²) in [4.78, 5) is 2.21. The molecular weight excluding hydrogens is 174 g/mol. The summed E-state index contributed by atoms with van der Waals surface area (Å²) in [5.41, 5.74) is 2.12.